The zero-order chi connectivity index (χ0) is 12.5. The zero-order valence-electron chi connectivity index (χ0n) is 10.2. The van der Waals surface area contributed by atoms with Crippen LogP contribution in [0.25, 0.3) is 0 Å². The predicted octanol–water partition coefficient (Wildman–Crippen LogP) is 1.31. The number of hydrogen-bond donors (Lipinski definition) is 0. The summed E-state index contributed by atoms with van der Waals surface area (Å²) in [4.78, 5) is 26.5. The highest BCUT2D eigenvalue weighted by Gasteiger charge is 2.35. The van der Waals surface area contributed by atoms with Gasteiger partial charge in [-0.05, 0) is 30.7 Å². The lowest BCUT2D eigenvalue weighted by Crippen LogP contribution is -2.51. The summed E-state index contributed by atoms with van der Waals surface area (Å²) in [5.41, 5.74) is 1.84. The molecule has 2 aliphatic rings. The van der Waals surface area contributed by atoms with Gasteiger partial charge >= 0.3 is 0 Å². The maximum Gasteiger partial charge on any atom is 0.223 e. The highest BCUT2D eigenvalue weighted by atomic mass is 16.2. The summed E-state index contributed by atoms with van der Waals surface area (Å²) in [6.07, 6.45) is 2.53. The number of nitrogens with zero attached hydrogens (tertiary/aromatic N) is 2. The fraction of sp³-hybridized carbons (Fsp3) is 0.429. The number of carbonyl (C=O) groups is 2. The third-order valence-electron chi connectivity index (χ3n) is 3.89. The molecule has 0 N–H and O–H groups in total. The van der Waals surface area contributed by atoms with E-state index in [1.807, 2.05) is 29.2 Å². The van der Waals surface area contributed by atoms with E-state index in [-0.39, 0.29) is 0 Å². The molecule has 1 atom stereocenters. The first kappa shape index (κ1) is 11.3. The molecule has 18 heavy (non-hydrogen) atoms. The van der Waals surface area contributed by atoms with Crippen molar-refractivity contribution in [1.82, 2.24) is 4.90 Å². The molecule has 0 spiro atoms. The van der Waals surface area contributed by atoms with Crippen molar-refractivity contribution < 1.29 is 9.59 Å². The Hall–Kier alpha value is -1.84. The van der Waals surface area contributed by atoms with Crippen LogP contribution in [-0.2, 0) is 4.79 Å². The summed E-state index contributed by atoms with van der Waals surface area (Å²) in [5.74, 6) is 0.302. The van der Waals surface area contributed by atoms with Crippen molar-refractivity contribution in [2.24, 2.45) is 0 Å². The zero-order valence-corrected chi connectivity index (χ0v) is 10.2. The Kier molecular flexibility index (Phi) is 2.78. The van der Waals surface area contributed by atoms with Crippen molar-refractivity contribution in [2.75, 3.05) is 24.5 Å². The number of rotatable bonds is 2. The number of amides is 1. The Balaban J connectivity index is 1.74. The monoisotopic (exact) mass is 244 g/mol. The van der Waals surface area contributed by atoms with Gasteiger partial charge in [-0.25, -0.2) is 0 Å². The summed E-state index contributed by atoms with van der Waals surface area (Å²) in [7, 11) is 0. The van der Waals surface area contributed by atoms with E-state index in [9.17, 15) is 9.59 Å². The van der Waals surface area contributed by atoms with Crippen molar-refractivity contribution in [3.63, 3.8) is 0 Å². The molecule has 1 aromatic carbocycles. The number of hydrogen-bond acceptors (Lipinski definition) is 3. The standard InChI is InChI=1S/C14H16N2O2/c17-10-11-1-3-12(4-2-11)15-7-8-16-13(9-15)5-6-14(16)18/h1-4,10,13H,5-9H2. The van der Waals surface area contributed by atoms with Crippen LogP contribution in [0.15, 0.2) is 24.3 Å². The van der Waals surface area contributed by atoms with Crippen LogP contribution in [0.5, 0.6) is 0 Å². The Labute approximate surface area is 106 Å². The van der Waals surface area contributed by atoms with Crippen LogP contribution in [0.2, 0.25) is 0 Å². The Morgan fingerprint density at radius 3 is 2.67 bits per heavy atom. The van der Waals surface area contributed by atoms with E-state index in [2.05, 4.69) is 4.90 Å². The van der Waals surface area contributed by atoms with Gasteiger partial charge in [-0.1, -0.05) is 0 Å². The van der Waals surface area contributed by atoms with Crippen LogP contribution in [-0.4, -0.2) is 42.8 Å². The van der Waals surface area contributed by atoms with E-state index in [1.165, 1.54) is 0 Å². The van der Waals surface area contributed by atoms with Crippen LogP contribution < -0.4 is 4.90 Å². The second-order valence-electron chi connectivity index (χ2n) is 4.94. The van der Waals surface area contributed by atoms with Crippen LogP contribution >= 0.6 is 0 Å². The molecule has 1 amide bonds. The van der Waals surface area contributed by atoms with Gasteiger partial charge in [0.1, 0.15) is 6.29 Å². The van der Waals surface area contributed by atoms with E-state index in [0.717, 1.165) is 38.0 Å². The Morgan fingerprint density at radius 1 is 1.17 bits per heavy atom. The molecule has 94 valence electrons. The molecule has 2 fully saturated rings. The fourth-order valence-corrected chi connectivity index (χ4v) is 2.86. The van der Waals surface area contributed by atoms with E-state index < -0.39 is 0 Å². The fourth-order valence-electron chi connectivity index (χ4n) is 2.86. The van der Waals surface area contributed by atoms with Gasteiger partial charge < -0.3 is 9.80 Å². The van der Waals surface area contributed by atoms with Gasteiger partial charge in [0, 0.05) is 43.3 Å². The quantitative estimate of drug-likeness (QED) is 0.736. The summed E-state index contributed by atoms with van der Waals surface area (Å²) in [5, 5.41) is 0. The Morgan fingerprint density at radius 2 is 1.94 bits per heavy atom. The first-order chi connectivity index (χ1) is 8.78. The molecular weight excluding hydrogens is 228 g/mol. The molecule has 2 saturated heterocycles. The third-order valence-corrected chi connectivity index (χ3v) is 3.89. The maximum absolute atomic E-state index is 11.6. The number of anilines is 1. The summed E-state index contributed by atoms with van der Waals surface area (Å²) in [6, 6.07) is 8.02. The largest absolute Gasteiger partial charge is 0.368 e. The number of fused-ring (bicyclic) bond motifs is 1. The SMILES string of the molecule is O=Cc1ccc(N2CCN3C(=O)CCC3C2)cc1. The van der Waals surface area contributed by atoms with E-state index in [1.54, 1.807) is 0 Å². The average molecular weight is 244 g/mol. The molecule has 2 aliphatic heterocycles. The predicted molar refractivity (Wildman–Crippen MR) is 68.8 cm³/mol. The third kappa shape index (κ3) is 1.88. The molecule has 4 heteroatoms. The molecule has 4 nitrogen and oxygen atoms in total. The van der Waals surface area contributed by atoms with Crippen molar-refractivity contribution in [3.8, 4) is 0 Å². The van der Waals surface area contributed by atoms with Gasteiger partial charge in [-0.15, -0.1) is 0 Å². The molecule has 0 saturated carbocycles. The van der Waals surface area contributed by atoms with Crippen LogP contribution in [0.1, 0.15) is 23.2 Å². The number of carbonyl (C=O) groups excluding carboxylic acids is 2. The topological polar surface area (TPSA) is 40.6 Å². The van der Waals surface area contributed by atoms with Crippen molar-refractivity contribution in [2.45, 2.75) is 18.9 Å². The van der Waals surface area contributed by atoms with Crippen LogP contribution in [0.4, 0.5) is 5.69 Å². The van der Waals surface area contributed by atoms with Crippen molar-refractivity contribution in [1.29, 1.82) is 0 Å². The van der Waals surface area contributed by atoms with Gasteiger partial charge in [0.25, 0.3) is 0 Å². The summed E-state index contributed by atoms with van der Waals surface area (Å²) < 4.78 is 0. The molecule has 0 aromatic heterocycles. The number of piperazine rings is 1. The van der Waals surface area contributed by atoms with Crippen molar-refractivity contribution in [3.05, 3.63) is 29.8 Å². The van der Waals surface area contributed by atoms with Crippen LogP contribution in [0, 0.1) is 0 Å². The molecular formula is C14H16N2O2. The van der Waals surface area contributed by atoms with Gasteiger partial charge in [-0.3, -0.25) is 9.59 Å². The molecule has 2 heterocycles. The normalized spacial score (nSPS) is 23.1. The second-order valence-corrected chi connectivity index (χ2v) is 4.94. The van der Waals surface area contributed by atoms with Gasteiger partial charge in [0.2, 0.25) is 5.91 Å². The highest BCUT2D eigenvalue weighted by molar-refractivity contribution is 5.79. The van der Waals surface area contributed by atoms with Crippen LogP contribution in [0.3, 0.4) is 0 Å². The smallest absolute Gasteiger partial charge is 0.223 e. The Bertz CT molecular complexity index is 469. The summed E-state index contributed by atoms with van der Waals surface area (Å²) >= 11 is 0. The molecule has 0 radical (unpaired) electrons. The number of aldehydes is 1. The van der Waals surface area contributed by atoms with Gasteiger partial charge in [0.05, 0.1) is 0 Å². The van der Waals surface area contributed by atoms with E-state index in [4.69, 9.17) is 0 Å². The molecule has 0 bridgehead atoms. The first-order valence-electron chi connectivity index (χ1n) is 6.37. The minimum absolute atomic E-state index is 0.302. The van der Waals surface area contributed by atoms with Gasteiger partial charge in [-0.2, -0.15) is 0 Å². The molecule has 3 rings (SSSR count). The molecule has 1 aromatic rings. The molecule has 1 unspecified atom stereocenters. The lowest BCUT2D eigenvalue weighted by Gasteiger charge is -2.38. The van der Waals surface area contributed by atoms with Crippen molar-refractivity contribution >= 4 is 17.9 Å². The summed E-state index contributed by atoms with van der Waals surface area (Å²) in [6.45, 7) is 2.60. The van der Waals surface area contributed by atoms with E-state index >= 15 is 0 Å². The molecule has 0 aliphatic carbocycles. The average Bonchev–Trinajstić information content (AvgIpc) is 2.80. The lowest BCUT2D eigenvalue weighted by atomic mass is 10.1. The number of benzene rings is 1. The maximum atomic E-state index is 11.6. The second kappa shape index (κ2) is 4.44. The minimum Gasteiger partial charge on any atom is -0.368 e. The van der Waals surface area contributed by atoms with Gasteiger partial charge in [0.15, 0.2) is 0 Å². The lowest BCUT2D eigenvalue weighted by molar-refractivity contribution is -0.129. The highest BCUT2D eigenvalue weighted by Crippen LogP contribution is 2.26. The van der Waals surface area contributed by atoms with E-state index in [0.29, 0.717) is 23.9 Å². The first-order valence-corrected chi connectivity index (χ1v) is 6.37. The minimum atomic E-state index is 0.302.